The fraction of sp³-hybridized carbons (Fsp3) is 0.571. The van der Waals surface area contributed by atoms with Gasteiger partial charge in [-0.15, -0.1) is 0 Å². The summed E-state index contributed by atoms with van der Waals surface area (Å²) in [5.74, 6) is 1.17. The molecule has 0 saturated heterocycles. The van der Waals surface area contributed by atoms with E-state index in [1.807, 2.05) is 23.9 Å². The summed E-state index contributed by atoms with van der Waals surface area (Å²) >= 11 is 14.2. The number of hydrogen-bond acceptors (Lipinski definition) is 2. The van der Waals surface area contributed by atoms with Gasteiger partial charge in [0.05, 0.1) is 10.0 Å². The van der Waals surface area contributed by atoms with Crippen molar-refractivity contribution in [3.05, 3.63) is 33.8 Å². The molecule has 1 aromatic carbocycles. The molecule has 18 heavy (non-hydrogen) atoms. The number of rotatable bonds is 8. The van der Waals surface area contributed by atoms with Crippen molar-refractivity contribution in [1.82, 2.24) is 5.32 Å². The van der Waals surface area contributed by atoms with Gasteiger partial charge in [-0.25, -0.2) is 0 Å². The van der Waals surface area contributed by atoms with Crippen LogP contribution in [0.15, 0.2) is 18.2 Å². The molecule has 0 amide bonds. The molecule has 0 aromatic heterocycles. The van der Waals surface area contributed by atoms with Crippen molar-refractivity contribution in [2.45, 2.75) is 32.2 Å². The lowest BCUT2D eigenvalue weighted by atomic mass is 10.0. The van der Waals surface area contributed by atoms with Gasteiger partial charge in [0.25, 0.3) is 0 Å². The van der Waals surface area contributed by atoms with Gasteiger partial charge in [-0.2, -0.15) is 11.8 Å². The highest BCUT2D eigenvalue weighted by Gasteiger charge is 2.12. The first-order chi connectivity index (χ1) is 8.69. The molecule has 4 heteroatoms. The summed E-state index contributed by atoms with van der Waals surface area (Å²) in [7, 11) is 0. The summed E-state index contributed by atoms with van der Waals surface area (Å²) in [6, 6.07) is 6.35. The van der Waals surface area contributed by atoms with Gasteiger partial charge in [0.1, 0.15) is 0 Å². The highest BCUT2D eigenvalue weighted by molar-refractivity contribution is 7.98. The van der Waals surface area contributed by atoms with Crippen LogP contribution < -0.4 is 5.32 Å². The predicted octanol–water partition coefficient (Wildman–Crippen LogP) is 4.66. The second-order valence-corrected chi connectivity index (χ2v) is 6.12. The van der Waals surface area contributed by atoms with E-state index in [1.165, 1.54) is 5.75 Å². The molecule has 0 fully saturated rings. The van der Waals surface area contributed by atoms with Gasteiger partial charge < -0.3 is 5.32 Å². The minimum absolute atomic E-state index is 0.480. The first-order valence-corrected chi connectivity index (χ1v) is 8.49. The summed E-state index contributed by atoms with van der Waals surface area (Å²) in [6.45, 7) is 3.24. The number of halogens is 2. The summed E-state index contributed by atoms with van der Waals surface area (Å²) in [4.78, 5) is 0. The third kappa shape index (κ3) is 5.40. The van der Waals surface area contributed by atoms with Gasteiger partial charge in [0.2, 0.25) is 0 Å². The average Bonchev–Trinajstić information content (AvgIpc) is 2.38. The van der Waals surface area contributed by atoms with E-state index in [1.54, 1.807) is 0 Å². The lowest BCUT2D eigenvalue weighted by Gasteiger charge is -2.19. The maximum atomic E-state index is 6.24. The fourth-order valence-corrected chi connectivity index (χ4v) is 2.77. The third-order valence-corrected chi connectivity index (χ3v) is 4.35. The normalized spacial score (nSPS) is 12.7. The minimum atomic E-state index is 0.480. The molecule has 0 aliphatic heterocycles. The minimum Gasteiger partial charge on any atom is -0.314 e. The highest BCUT2D eigenvalue weighted by atomic mass is 35.5. The first kappa shape index (κ1) is 16.2. The van der Waals surface area contributed by atoms with Crippen LogP contribution >= 0.6 is 35.0 Å². The Labute approximate surface area is 125 Å². The van der Waals surface area contributed by atoms with Gasteiger partial charge in [0, 0.05) is 6.04 Å². The lowest BCUT2D eigenvalue weighted by molar-refractivity contribution is 0.498. The molecule has 1 aromatic rings. The van der Waals surface area contributed by atoms with E-state index in [0.29, 0.717) is 16.1 Å². The summed E-state index contributed by atoms with van der Waals surface area (Å²) in [6.07, 6.45) is 5.40. The molecule has 102 valence electrons. The van der Waals surface area contributed by atoms with Crippen molar-refractivity contribution in [3.63, 3.8) is 0 Å². The Morgan fingerprint density at radius 3 is 2.78 bits per heavy atom. The molecule has 0 saturated carbocycles. The van der Waals surface area contributed by atoms with Gasteiger partial charge >= 0.3 is 0 Å². The number of nitrogens with one attached hydrogen (secondary N) is 1. The van der Waals surface area contributed by atoms with Crippen LogP contribution in [-0.2, 0) is 6.42 Å². The molecule has 0 aliphatic carbocycles. The monoisotopic (exact) mass is 305 g/mol. The van der Waals surface area contributed by atoms with Gasteiger partial charge in [0.15, 0.2) is 0 Å². The molecule has 1 nitrogen and oxygen atoms in total. The van der Waals surface area contributed by atoms with Crippen LogP contribution in [0.1, 0.15) is 25.3 Å². The number of benzene rings is 1. The van der Waals surface area contributed by atoms with Crippen molar-refractivity contribution < 1.29 is 0 Å². The lowest BCUT2D eigenvalue weighted by Crippen LogP contribution is -2.32. The molecular weight excluding hydrogens is 285 g/mol. The fourth-order valence-electron chi connectivity index (χ4n) is 1.86. The highest BCUT2D eigenvalue weighted by Crippen LogP contribution is 2.26. The largest absolute Gasteiger partial charge is 0.314 e. The number of thioether (sulfide) groups is 1. The van der Waals surface area contributed by atoms with E-state index < -0.39 is 0 Å². The Morgan fingerprint density at radius 2 is 2.11 bits per heavy atom. The maximum absolute atomic E-state index is 6.24. The topological polar surface area (TPSA) is 12.0 Å². The molecule has 0 aliphatic rings. The molecule has 1 atom stereocenters. The van der Waals surface area contributed by atoms with Crippen LogP contribution in [0.2, 0.25) is 10.0 Å². The van der Waals surface area contributed by atoms with Crippen LogP contribution in [0.3, 0.4) is 0 Å². The Hall–Kier alpha value is 0.110. The molecule has 0 radical (unpaired) electrons. The van der Waals surface area contributed by atoms with Crippen LogP contribution in [-0.4, -0.2) is 24.6 Å². The molecule has 1 unspecified atom stereocenters. The van der Waals surface area contributed by atoms with Crippen molar-refractivity contribution in [2.75, 3.05) is 18.6 Å². The zero-order chi connectivity index (χ0) is 13.4. The van der Waals surface area contributed by atoms with Crippen LogP contribution in [0.25, 0.3) is 0 Å². The zero-order valence-corrected chi connectivity index (χ0v) is 13.3. The van der Waals surface area contributed by atoms with Crippen LogP contribution in [0.4, 0.5) is 0 Å². The van der Waals surface area contributed by atoms with Gasteiger partial charge in [-0.3, -0.25) is 0 Å². The number of hydrogen-bond donors (Lipinski definition) is 1. The van der Waals surface area contributed by atoms with Crippen molar-refractivity contribution in [3.8, 4) is 0 Å². The van der Waals surface area contributed by atoms with Crippen LogP contribution in [0, 0.1) is 0 Å². The quantitative estimate of drug-likeness (QED) is 0.750. The molecule has 1 N–H and O–H groups in total. The molecule has 0 bridgehead atoms. The van der Waals surface area contributed by atoms with Crippen molar-refractivity contribution in [2.24, 2.45) is 0 Å². The van der Waals surface area contributed by atoms with Gasteiger partial charge in [-0.05, 0) is 49.4 Å². The van der Waals surface area contributed by atoms with E-state index in [-0.39, 0.29) is 0 Å². The van der Waals surface area contributed by atoms with E-state index >= 15 is 0 Å². The third-order valence-electron chi connectivity index (χ3n) is 2.85. The Bertz CT molecular complexity index is 350. The Kier molecular flexibility index (Phi) is 8.16. The summed E-state index contributed by atoms with van der Waals surface area (Å²) < 4.78 is 0. The standard InChI is InChI=1S/C14H21Cl2NS/c1-3-8-17-12(7-9-18-2)10-11-5-4-6-13(15)14(11)16/h4-6,12,17H,3,7-10H2,1-2H3. The van der Waals surface area contributed by atoms with Crippen molar-refractivity contribution >= 4 is 35.0 Å². The average molecular weight is 306 g/mol. The van der Waals surface area contributed by atoms with Crippen LogP contribution in [0.5, 0.6) is 0 Å². The van der Waals surface area contributed by atoms with Crippen molar-refractivity contribution in [1.29, 1.82) is 0 Å². The Morgan fingerprint density at radius 1 is 1.33 bits per heavy atom. The second-order valence-electron chi connectivity index (χ2n) is 4.35. The van der Waals surface area contributed by atoms with E-state index in [2.05, 4.69) is 24.6 Å². The molecule has 0 spiro atoms. The van der Waals surface area contributed by atoms with Gasteiger partial charge in [-0.1, -0.05) is 42.3 Å². The SMILES string of the molecule is CCCNC(CCSC)Cc1cccc(Cl)c1Cl. The summed E-state index contributed by atoms with van der Waals surface area (Å²) in [5.41, 5.74) is 1.14. The van der Waals surface area contributed by atoms with E-state index in [4.69, 9.17) is 23.2 Å². The Balaban J connectivity index is 2.65. The van der Waals surface area contributed by atoms with E-state index in [0.717, 1.165) is 31.4 Å². The molecule has 0 heterocycles. The second kappa shape index (κ2) is 9.08. The smallest absolute Gasteiger partial charge is 0.0624 e. The molecule has 1 rings (SSSR count). The first-order valence-electron chi connectivity index (χ1n) is 6.34. The van der Waals surface area contributed by atoms with E-state index in [9.17, 15) is 0 Å². The zero-order valence-electron chi connectivity index (χ0n) is 11.0. The molecular formula is C14H21Cl2NS. The summed E-state index contributed by atoms with van der Waals surface area (Å²) in [5, 5.41) is 4.93. The predicted molar refractivity (Wildman–Crippen MR) is 85.2 cm³/mol. The maximum Gasteiger partial charge on any atom is 0.0624 e.